The first-order chi connectivity index (χ1) is 20.7. The van der Waals surface area contributed by atoms with Gasteiger partial charge in [0.05, 0.1) is 46.4 Å². The van der Waals surface area contributed by atoms with E-state index in [1.54, 1.807) is 68.7 Å². The fourth-order valence-electron chi connectivity index (χ4n) is 4.57. The first kappa shape index (κ1) is 29.7. The summed E-state index contributed by atoms with van der Waals surface area (Å²) in [4.78, 5) is 52.1. The number of benzene rings is 2. The minimum Gasteiger partial charge on any atom is -0.497 e. The molecule has 5 rings (SSSR count). The van der Waals surface area contributed by atoms with Crippen LogP contribution in [-0.2, 0) is 9.53 Å². The van der Waals surface area contributed by atoms with Gasteiger partial charge in [0.15, 0.2) is 9.96 Å². The van der Waals surface area contributed by atoms with Gasteiger partial charge in [-0.05, 0) is 61.5 Å². The number of hydrogen-bond donors (Lipinski definition) is 0. The molecule has 0 unspecified atom stereocenters. The molecular weight excluding hydrogens is 594 g/mol. The van der Waals surface area contributed by atoms with Crippen molar-refractivity contribution in [1.29, 1.82) is 0 Å². The minimum atomic E-state index is -0.905. The van der Waals surface area contributed by atoms with Crippen LogP contribution in [0.4, 0.5) is 5.69 Å². The van der Waals surface area contributed by atoms with Crippen molar-refractivity contribution in [2.24, 2.45) is 4.99 Å². The lowest BCUT2D eigenvalue weighted by Crippen LogP contribution is -2.40. The number of methoxy groups -OCH3 is 2. The van der Waals surface area contributed by atoms with Crippen molar-refractivity contribution in [3.63, 3.8) is 0 Å². The molecule has 43 heavy (non-hydrogen) atoms. The topological polar surface area (TPSA) is 148 Å². The molecule has 1 aliphatic rings. The summed E-state index contributed by atoms with van der Waals surface area (Å²) in [7, 11) is 3.01. The molecule has 12 nitrogen and oxygen atoms in total. The second-order valence-electron chi connectivity index (χ2n) is 9.03. The summed E-state index contributed by atoms with van der Waals surface area (Å²) < 4.78 is 18.0. The second-order valence-corrected chi connectivity index (χ2v) is 11.0. The highest BCUT2D eigenvalue weighted by Gasteiger charge is 2.35. The third kappa shape index (κ3) is 5.92. The Bertz CT molecular complexity index is 1940. The lowest BCUT2D eigenvalue weighted by atomic mass is 9.95. The van der Waals surface area contributed by atoms with Crippen LogP contribution in [0.1, 0.15) is 31.0 Å². The SMILES string of the molecule is CCOC(=O)C1=C(C)N=c2s/c(=C/c3ccc(Sc4ncccn4)c([N+](=O)[O-])c3)c(=O)n2[C@@H]1c1ccc(OC)cc1OC. The Morgan fingerprint density at radius 3 is 2.60 bits per heavy atom. The van der Waals surface area contributed by atoms with E-state index in [4.69, 9.17) is 14.2 Å². The Morgan fingerprint density at radius 2 is 1.93 bits per heavy atom. The van der Waals surface area contributed by atoms with Gasteiger partial charge in [-0.3, -0.25) is 19.5 Å². The Morgan fingerprint density at radius 1 is 1.16 bits per heavy atom. The fourth-order valence-corrected chi connectivity index (χ4v) is 6.42. The molecule has 0 aliphatic carbocycles. The number of thiazole rings is 1. The minimum absolute atomic E-state index is 0.135. The summed E-state index contributed by atoms with van der Waals surface area (Å²) in [5.74, 6) is 0.335. The number of hydrogen-bond acceptors (Lipinski definition) is 12. The first-order valence-electron chi connectivity index (χ1n) is 12.9. The molecule has 0 bridgehead atoms. The third-order valence-electron chi connectivity index (χ3n) is 6.47. The number of allylic oxidation sites excluding steroid dienone is 1. The van der Waals surface area contributed by atoms with Gasteiger partial charge >= 0.3 is 5.97 Å². The van der Waals surface area contributed by atoms with Crippen molar-refractivity contribution < 1.29 is 23.9 Å². The van der Waals surface area contributed by atoms with Gasteiger partial charge in [-0.25, -0.2) is 19.8 Å². The maximum Gasteiger partial charge on any atom is 0.338 e. The summed E-state index contributed by atoms with van der Waals surface area (Å²) in [6.45, 7) is 3.51. The lowest BCUT2D eigenvalue weighted by Gasteiger charge is -2.26. The number of carbonyl (C=O) groups excluding carboxylic acids is 1. The normalized spacial score (nSPS) is 14.6. The molecule has 0 N–H and O–H groups in total. The number of rotatable bonds is 9. The molecule has 0 saturated heterocycles. The number of nitro benzene ring substituents is 1. The highest BCUT2D eigenvalue weighted by molar-refractivity contribution is 7.99. The van der Waals surface area contributed by atoms with Crippen LogP contribution in [0.15, 0.2) is 86.0 Å². The molecule has 0 saturated carbocycles. The van der Waals surface area contributed by atoms with Gasteiger partial charge in [0, 0.05) is 30.1 Å². The van der Waals surface area contributed by atoms with Crippen molar-refractivity contribution in [3.05, 3.63) is 107 Å². The molecule has 2 aromatic heterocycles. The maximum absolute atomic E-state index is 14.0. The molecule has 1 aliphatic heterocycles. The number of carbonyl (C=O) groups is 1. The number of esters is 1. The fraction of sp³-hybridized carbons (Fsp3) is 0.207. The van der Waals surface area contributed by atoms with Gasteiger partial charge in [-0.2, -0.15) is 0 Å². The van der Waals surface area contributed by atoms with E-state index in [2.05, 4.69) is 15.0 Å². The predicted octanol–water partition coefficient (Wildman–Crippen LogP) is 3.66. The quantitative estimate of drug-likeness (QED) is 0.118. The van der Waals surface area contributed by atoms with Gasteiger partial charge in [0.1, 0.15) is 17.5 Å². The van der Waals surface area contributed by atoms with E-state index >= 15 is 0 Å². The molecule has 2 aromatic carbocycles. The molecule has 4 aromatic rings. The van der Waals surface area contributed by atoms with Crippen LogP contribution in [-0.4, -0.2) is 46.3 Å². The number of nitrogens with zero attached hydrogens (tertiary/aromatic N) is 5. The van der Waals surface area contributed by atoms with Crippen LogP contribution in [0.2, 0.25) is 0 Å². The van der Waals surface area contributed by atoms with Crippen LogP contribution >= 0.6 is 23.1 Å². The highest BCUT2D eigenvalue weighted by Crippen LogP contribution is 2.38. The Balaban J connectivity index is 1.66. The van der Waals surface area contributed by atoms with Crippen molar-refractivity contribution in [2.75, 3.05) is 20.8 Å². The Kier molecular flexibility index (Phi) is 8.68. The van der Waals surface area contributed by atoms with Crippen molar-refractivity contribution in [1.82, 2.24) is 14.5 Å². The smallest absolute Gasteiger partial charge is 0.338 e. The largest absolute Gasteiger partial charge is 0.497 e. The van der Waals surface area contributed by atoms with Crippen LogP contribution in [0.25, 0.3) is 6.08 Å². The average molecular weight is 620 g/mol. The zero-order valence-corrected chi connectivity index (χ0v) is 25.1. The van der Waals surface area contributed by atoms with Crippen LogP contribution < -0.4 is 24.4 Å². The molecule has 3 heterocycles. The number of ether oxygens (including phenoxy) is 3. The summed E-state index contributed by atoms with van der Waals surface area (Å²) in [6.07, 6.45) is 4.67. The van der Waals surface area contributed by atoms with Crippen LogP contribution in [0.3, 0.4) is 0 Å². The molecule has 0 spiro atoms. The van der Waals surface area contributed by atoms with Crippen LogP contribution in [0, 0.1) is 10.1 Å². The highest BCUT2D eigenvalue weighted by atomic mass is 32.2. The monoisotopic (exact) mass is 619 g/mol. The number of nitro groups is 1. The van der Waals surface area contributed by atoms with E-state index in [0.29, 0.717) is 43.2 Å². The second kappa shape index (κ2) is 12.6. The Hall–Kier alpha value is -4.82. The van der Waals surface area contributed by atoms with E-state index in [-0.39, 0.29) is 22.4 Å². The third-order valence-corrected chi connectivity index (χ3v) is 8.41. The van der Waals surface area contributed by atoms with E-state index in [1.807, 2.05) is 0 Å². The molecule has 0 amide bonds. The summed E-state index contributed by atoms with van der Waals surface area (Å²) in [6, 6.07) is 10.5. The van der Waals surface area contributed by atoms with Gasteiger partial charge in [0.2, 0.25) is 0 Å². The van der Waals surface area contributed by atoms with Crippen molar-refractivity contribution in [2.45, 2.75) is 29.9 Å². The molecule has 0 fully saturated rings. The van der Waals surface area contributed by atoms with E-state index < -0.39 is 22.5 Å². The molecule has 0 radical (unpaired) electrons. The summed E-state index contributed by atoms with van der Waals surface area (Å²) in [5, 5.41) is 12.3. The first-order valence-corrected chi connectivity index (χ1v) is 14.5. The lowest BCUT2D eigenvalue weighted by molar-refractivity contribution is -0.387. The van der Waals surface area contributed by atoms with Gasteiger partial charge in [-0.15, -0.1) is 0 Å². The van der Waals surface area contributed by atoms with Crippen molar-refractivity contribution in [3.8, 4) is 11.5 Å². The summed E-state index contributed by atoms with van der Waals surface area (Å²) in [5.41, 5.74) is 0.988. The van der Waals surface area contributed by atoms with Gasteiger partial charge in [-0.1, -0.05) is 17.4 Å². The molecular formula is C29H25N5O7S2. The van der Waals surface area contributed by atoms with Gasteiger partial charge in [0.25, 0.3) is 11.2 Å². The predicted molar refractivity (Wildman–Crippen MR) is 159 cm³/mol. The standard InChI is InChI=1S/C29H25N5O7S2/c1-5-41-27(36)24-16(2)32-29-33(25(24)19-9-8-18(39-3)15-21(19)40-4)26(35)23(43-29)14-17-7-10-22(20(13-17)34(37)38)42-28-30-11-6-12-31-28/h6-15,25H,5H2,1-4H3/b23-14+/t25-/m1/s1. The maximum atomic E-state index is 14.0. The number of aromatic nitrogens is 3. The van der Waals surface area contributed by atoms with E-state index in [9.17, 15) is 19.7 Å². The zero-order valence-electron chi connectivity index (χ0n) is 23.5. The Labute approximate surface area is 253 Å². The summed E-state index contributed by atoms with van der Waals surface area (Å²) >= 11 is 2.18. The van der Waals surface area contributed by atoms with Crippen LogP contribution in [0.5, 0.6) is 11.5 Å². The van der Waals surface area contributed by atoms with E-state index in [0.717, 1.165) is 23.1 Å². The number of fused-ring (bicyclic) bond motifs is 1. The van der Waals surface area contributed by atoms with E-state index in [1.165, 1.54) is 24.9 Å². The molecule has 14 heteroatoms. The van der Waals surface area contributed by atoms with Crippen molar-refractivity contribution >= 4 is 40.8 Å². The zero-order chi connectivity index (χ0) is 30.7. The van der Waals surface area contributed by atoms with Gasteiger partial charge < -0.3 is 14.2 Å². The average Bonchev–Trinajstić information content (AvgIpc) is 3.31. The molecule has 1 atom stereocenters. The molecule has 220 valence electrons.